The van der Waals surface area contributed by atoms with E-state index in [0.717, 1.165) is 12.0 Å². The molecule has 0 fully saturated rings. The molecule has 0 saturated heterocycles. The Morgan fingerprint density at radius 3 is 2.32 bits per heavy atom. The molecule has 2 N–H and O–H groups in total. The highest BCUT2D eigenvalue weighted by atomic mass is 16.2. The van der Waals surface area contributed by atoms with E-state index in [2.05, 4.69) is 10.6 Å². The van der Waals surface area contributed by atoms with Crippen molar-refractivity contribution in [2.75, 3.05) is 6.54 Å². The summed E-state index contributed by atoms with van der Waals surface area (Å²) in [5.74, 6) is -0.571. The number of carbonyl (C=O) groups excluding carboxylic acids is 3. The zero-order chi connectivity index (χ0) is 16.5. The third kappa shape index (κ3) is 6.08. The number of rotatable bonds is 8. The van der Waals surface area contributed by atoms with Crippen molar-refractivity contribution in [2.45, 2.75) is 46.1 Å². The maximum absolute atomic E-state index is 12.0. The van der Waals surface area contributed by atoms with Crippen LogP contribution in [0.15, 0.2) is 24.3 Å². The Kier molecular flexibility index (Phi) is 7.29. The van der Waals surface area contributed by atoms with Crippen LogP contribution in [0.25, 0.3) is 0 Å². The second-order valence-electron chi connectivity index (χ2n) is 5.37. The first-order valence-electron chi connectivity index (χ1n) is 7.61. The molecule has 0 bridgehead atoms. The molecule has 0 heterocycles. The van der Waals surface area contributed by atoms with Crippen LogP contribution in [-0.4, -0.2) is 30.2 Å². The fourth-order valence-corrected chi connectivity index (χ4v) is 1.89. The van der Waals surface area contributed by atoms with Gasteiger partial charge in [0.15, 0.2) is 5.78 Å². The standard InChI is InChI=1S/C17H24N2O3/c1-4-11-18-17(22)13(3)19-16(21)10-9-15(20)14-7-5-12(2)6-8-14/h5-8,13H,4,9-11H2,1-3H3,(H,18,22)(H,19,21). The van der Waals surface area contributed by atoms with E-state index in [9.17, 15) is 14.4 Å². The van der Waals surface area contributed by atoms with Gasteiger partial charge in [0.2, 0.25) is 11.8 Å². The van der Waals surface area contributed by atoms with E-state index in [1.54, 1.807) is 19.1 Å². The summed E-state index contributed by atoms with van der Waals surface area (Å²) in [7, 11) is 0. The van der Waals surface area contributed by atoms with Crippen LogP contribution in [-0.2, 0) is 9.59 Å². The summed E-state index contributed by atoms with van der Waals surface area (Å²) in [6.45, 7) is 6.13. The molecule has 2 amide bonds. The summed E-state index contributed by atoms with van der Waals surface area (Å²) in [5, 5.41) is 5.31. The van der Waals surface area contributed by atoms with E-state index in [0.29, 0.717) is 12.1 Å². The van der Waals surface area contributed by atoms with Crippen molar-refractivity contribution < 1.29 is 14.4 Å². The molecule has 0 aliphatic rings. The number of hydrogen-bond acceptors (Lipinski definition) is 3. The molecule has 0 aliphatic carbocycles. The summed E-state index contributed by atoms with van der Waals surface area (Å²) in [5.41, 5.74) is 1.69. The number of hydrogen-bond donors (Lipinski definition) is 2. The molecule has 1 aromatic carbocycles. The van der Waals surface area contributed by atoms with E-state index in [4.69, 9.17) is 0 Å². The molecule has 0 saturated carbocycles. The summed E-state index contributed by atoms with van der Waals surface area (Å²) in [6.07, 6.45) is 1.06. The summed E-state index contributed by atoms with van der Waals surface area (Å²) in [6, 6.07) is 6.67. The molecule has 1 rings (SSSR count). The van der Waals surface area contributed by atoms with E-state index in [1.165, 1.54) is 0 Å². The second kappa shape index (κ2) is 8.97. The smallest absolute Gasteiger partial charge is 0.242 e. The van der Waals surface area contributed by atoms with Crippen molar-refractivity contribution in [3.63, 3.8) is 0 Å². The Morgan fingerprint density at radius 1 is 1.09 bits per heavy atom. The van der Waals surface area contributed by atoms with Crippen LogP contribution < -0.4 is 10.6 Å². The topological polar surface area (TPSA) is 75.3 Å². The quantitative estimate of drug-likeness (QED) is 0.721. The molecular weight excluding hydrogens is 280 g/mol. The molecule has 22 heavy (non-hydrogen) atoms. The number of amides is 2. The molecule has 1 unspecified atom stereocenters. The number of Topliss-reactive ketones (excluding diaryl/α,β-unsaturated/α-hetero) is 1. The lowest BCUT2D eigenvalue weighted by Gasteiger charge is -2.13. The van der Waals surface area contributed by atoms with Gasteiger partial charge in [-0.3, -0.25) is 14.4 Å². The first kappa shape index (κ1) is 17.9. The van der Waals surface area contributed by atoms with Gasteiger partial charge < -0.3 is 10.6 Å². The minimum atomic E-state index is -0.589. The predicted molar refractivity (Wildman–Crippen MR) is 85.6 cm³/mol. The Balaban J connectivity index is 2.37. The Morgan fingerprint density at radius 2 is 1.73 bits per heavy atom. The second-order valence-corrected chi connectivity index (χ2v) is 5.37. The summed E-state index contributed by atoms with van der Waals surface area (Å²) >= 11 is 0. The fraction of sp³-hybridized carbons (Fsp3) is 0.471. The van der Waals surface area contributed by atoms with Gasteiger partial charge in [-0.25, -0.2) is 0 Å². The predicted octanol–water partition coefficient (Wildman–Crippen LogP) is 1.99. The van der Waals surface area contributed by atoms with Gasteiger partial charge in [-0.2, -0.15) is 0 Å². The zero-order valence-corrected chi connectivity index (χ0v) is 13.4. The SMILES string of the molecule is CCCNC(=O)C(C)NC(=O)CCC(=O)c1ccc(C)cc1. The van der Waals surface area contributed by atoms with Crippen LogP contribution in [0.4, 0.5) is 0 Å². The third-order valence-corrected chi connectivity index (χ3v) is 3.27. The van der Waals surface area contributed by atoms with Crippen LogP contribution in [0.3, 0.4) is 0 Å². The molecular formula is C17H24N2O3. The number of benzene rings is 1. The highest BCUT2D eigenvalue weighted by Crippen LogP contribution is 2.07. The minimum absolute atomic E-state index is 0.0711. The molecule has 0 spiro atoms. The van der Waals surface area contributed by atoms with Gasteiger partial charge in [0, 0.05) is 24.9 Å². The average molecular weight is 304 g/mol. The highest BCUT2D eigenvalue weighted by Gasteiger charge is 2.16. The molecule has 5 nitrogen and oxygen atoms in total. The van der Waals surface area contributed by atoms with Crippen molar-refractivity contribution >= 4 is 17.6 Å². The first-order chi connectivity index (χ1) is 10.4. The lowest BCUT2D eigenvalue weighted by Crippen LogP contribution is -2.45. The molecule has 120 valence electrons. The highest BCUT2D eigenvalue weighted by molar-refractivity contribution is 5.98. The van der Waals surface area contributed by atoms with Crippen molar-refractivity contribution in [2.24, 2.45) is 0 Å². The first-order valence-corrected chi connectivity index (χ1v) is 7.61. The van der Waals surface area contributed by atoms with Crippen molar-refractivity contribution in [3.8, 4) is 0 Å². The molecule has 1 aromatic rings. The van der Waals surface area contributed by atoms with E-state index >= 15 is 0 Å². The number of nitrogens with one attached hydrogen (secondary N) is 2. The van der Waals surface area contributed by atoms with Crippen LogP contribution in [0.2, 0.25) is 0 Å². The fourth-order valence-electron chi connectivity index (χ4n) is 1.89. The molecule has 0 aliphatic heterocycles. The monoisotopic (exact) mass is 304 g/mol. The zero-order valence-electron chi connectivity index (χ0n) is 13.4. The van der Waals surface area contributed by atoms with Crippen LogP contribution in [0, 0.1) is 6.92 Å². The Bertz CT molecular complexity index is 523. The van der Waals surface area contributed by atoms with Crippen molar-refractivity contribution in [1.29, 1.82) is 0 Å². The van der Waals surface area contributed by atoms with Crippen molar-refractivity contribution in [1.82, 2.24) is 10.6 Å². The van der Waals surface area contributed by atoms with Gasteiger partial charge in [-0.1, -0.05) is 36.8 Å². The average Bonchev–Trinajstić information content (AvgIpc) is 2.50. The van der Waals surface area contributed by atoms with Gasteiger partial charge in [0.05, 0.1) is 0 Å². The Hall–Kier alpha value is -2.17. The third-order valence-electron chi connectivity index (χ3n) is 3.27. The van der Waals surface area contributed by atoms with E-state index in [1.807, 2.05) is 26.0 Å². The number of aryl methyl sites for hydroxylation is 1. The molecule has 5 heteroatoms. The van der Waals surface area contributed by atoms with Gasteiger partial charge in [0.25, 0.3) is 0 Å². The lowest BCUT2D eigenvalue weighted by atomic mass is 10.0. The van der Waals surface area contributed by atoms with Crippen LogP contribution >= 0.6 is 0 Å². The molecule has 0 radical (unpaired) electrons. The largest absolute Gasteiger partial charge is 0.354 e. The van der Waals surface area contributed by atoms with Crippen molar-refractivity contribution in [3.05, 3.63) is 35.4 Å². The van der Waals surface area contributed by atoms with E-state index < -0.39 is 6.04 Å². The normalized spacial score (nSPS) is 11.6. The van der Waals surface area contributed by atoms with Gasteiger partial charge >= 0.3 is 0 Å². The van der Waals surface area contributed by atoms with Crippen LogP contribution in [0.1, 0.15) is 49.0 Å². The summed E-state index contributed by atoms with van der Waals surface area (Å²) in [4.78, 5) is 35.4. The van der Waals surface area contributed by atoms with E-state index in [-0.39, 0.29) is 30.4 Å². The minimum Gasteiger partial charge on any atom is -0.354 e. The molecule has 1 atom stereocenters. The number of ketones is 1. The maximum atomic E-state index is 12.0. The lowest BCUT2D eigenvalue weighted by molar-refractivity contribution is -0.128. The number of carbonyl (C=O) groups is 3. The van der Waals surface area contributed by atoms with Crippen LogP contribution in [0.5, 0.6) is 0 Å². The van der Waals surface area contributed by atoms with Gasteiger partial charge in [-0.05, 0) is 20.3 Å². The van der Waals surface area contributed by atoms with Gasteiger partial charge in [-0.15, -0.1) is 0 Å². The van der Waals surface area contributed by atoms with Gasteiger partial charge in [0.1, 0.15) is 6.04 Å². The maximum Gasteiger partial charge on any atom is 0.242 e. The summed E-state index contributed by atoms with van der Waals surface area (Å²) < 4.78 is 0. The Labute approximate surface area is 131 Å². The molecule has 0 aromatic heterocycles.